The summed E-state index contributed by atoms with van der Waals surface area (Å²) in [6.45, 7) is -0.0398. The van der Waals surface area contributed by atoms with Crippen molar-refractivity contribution in [2.45, 2.75) is 37.8 Å². The van der Waals surface area contributed by atoms with Gasteiger partial charge in [0.05, 0.1) is 12.8 Å². The number of nitrogens with two attached hydrogens (primary N) is 2. The van der Waals surface area contributed by atoms with Crippen molar-refractivity contribution in [3.63, 3.8) is 0 Å². The average molecular weight is 319 g/mol. The van der Waals surface area contributed by atoms with E-state index in [2.05, 4.69) is 0 Å². The molecule has 4 N–H and O–H groups in total. The number of hydrogen-bond acceptors (Lipinski definition) is 5. The molecule has 1 saturated carbocycles. The average Bonchev–Trinajstić information content (AvgIpc) is 2.54. The van der Waals surface area contributed by atoms with Crippen molar-refractivity contribution in [3.05, 3.63) is 17.7 Å². The zero-order valence-corrected chi connectivity index (χ0v) is 13.1. The Morgan fingerprint density at radius 3 is 2.61 bits per heavy atom. The second kappa shape index (κ2) is 6.08. The lowest BCUT2D eigenvalue weighted by molar-refractivity contribution is -0.122. The van der Waals surface area contributed by atoms with E-state index in [1.54, 1.807) is 11.0 Å². The third-order valence-corrected chi connectivity index (χ3v) is 4.51. The van der Waals surface area contributed by atoms with Crippen molar-refractivity contribution >= 4 is 17.5 Å². The van der Waals surface area contributed by atoms with Crippen molar-refractivity contribution in [2.24, 2.45) is 11.5 Å². The fraction of sp³-hybridized carbons (Fsp3) is 0.500. The molecule has 1 aromatic carbocycles. The fourth-order valence-corrected chi connectivity index (χ4v) is 3.30. The predicted octanol–water partition coefficient (Wildman–Crippen LogP) is 0.789. The number of hydrogen-bond donors (Lipinski definition) is 2. The number of rotatable bonds is 3. The molecule has 124 valence electrons. The standard InChI is InChI=1S/C16H21N3O4/c1-22-13-7-9(16(18)21)6-12-15(13)23-8-14(20)19(12)11-4-2-10(17)3-5-11/h6-7,10-11H,2-5,8,17H2,1H3,(H2,18,21). The number of ether oxygens (including phenoxy) is 2. The second-order valence-electron chi connectivity index (χ2n) is 6.01. The zero-order valence-electron chi connectivity index (χ0n) is 13.1. The summed E-state index contributed by atoms with van der Waals surface area (Å²) in [6, 6.07) is 3.38. The molecule has 1 aromatic rings. The van der Waals surface area contributed by atoms with Gasteiger partial charge in [0.2, 0.25) is 5.91 Å². The van der Waals surface area contributed by atoms with Crippen LogP contribution in [0.5, 0.6) is 11.5 Å². The van der Waals surface area contributed by atoms with Crippen molar-refractivity contribution in [2.75, 3.05) is 18.6 Å². The van der Waals surface area contributed by atoms with Gasteiger partial charge >= 0.3 is 0 Å². The summed E-state index contributed by atoms with van der Waals surface area (Å²) in [4.78, 5) is 25.7. The highest BCUT2D eigenvalue weighted by Crippen LogP contribution is 2.43. The molecule has 7 heteroatoms. The third-order valence-electron chi connectivity index (χ3n) is 4.51. The van der Waals surface area contributed by atoms with E-state index in [0.717, 1.165) is 25.7 Å². The molecule has 0 saturated heterocycles. The van der Waals surface area contributed by atoms with Crippen LogP contribution < -0.4 is 25.8 Å². The van der Waals surface area contributed by atoms with Crippen molar-refractivity contribution in [1.82, 2.24) is 0 Å². The summed E-state index contributed by atoms with van der Waals surface area (Å²) in [6.07, 6.45) is 3.40. The molecule has 0 spiro atoms. The smallest absolute Gasteiger partial charge is 0.265 e. The van der Waals surface area contributed by atoms with Crippen LogP contribution >= 0.6 is 0 Å². The first-order valence-corrected chi connectivity index (χ1v) is 7.73. The number of fused-ring (bicyclic) bond motifs is 1. The summed E-state index contributed by atoms with van der Waals surface area (Å²) in [5.41, 5.74) is 12.2. The minimum atomic E-state index is -0.574. The molecule has 3 rings (SSSR count). The van der Waals surface area contributed by atoms with E-state index in [-0.39, 0.29) is 30.2 Å². The summed E-state index contributed by atoms with van der Waals surface area (Å²) in [7, 11) is 1.49. The van der Waals surface area contributed by atoms with E-state index in [1.807, 2.05) is 0 Å². The second-order valence-corrected chi connectivity index (χ2v) is 6.01. The van der Waals surface area contributed by atoms with Crippen molar-refractivity contribution < 1.29 is 19.1 Å². The van der Waals surface area contributed by atoms with E-state index in [9.17, 15) is 9.59 Å². The number of primary amides is 1. The van der Waals surface area contributed by atoms with Crippen LogP contribution in [0.2, 0.25) is 0 Å². The number of benzene rings is 1. The maximum Gasteiger partial charge on any atom is 0.265 e. The summed E-state index contributed by atoms with van der Waals surface area (Å²) >= 11 is 0. The van der Waals surface area contributed by atoms with Gasteiger partial charge in [0.15, 0.2) is 18.1 Å². The van der Waals surface area contributed by atoms with Crippen LogP contribution in [0.3, 0.4) is 0 Å². The molecular formula is C16H21N3O4. The number of nitrogens with zero attached hydrogens (tertiary/aromatic N) is 1. The number of amides is 2. The van der Waals surface area contributed by atoms with Gasteiger partial charge in [-0.15, -0.1) is 0 Å². The predicted molar refractivity (Wildman–Crippen MR) is 84.7 cm³/mol. The number of anilines is 1. The highest BCUT2D eigenvalue weighted by Gasteiger charge is 2.35. The van der Waals surface area contributed by atoms with E-state index in [1.165, 1.54) is 13.2 Å². The Labute approximate surface area is 134 Å². The van der Waals surface area contributed by atoms with Gasteiger partial charge in [0.25, 0.3) is 5.91 Å². The molecule has 1 heterocycles. The molecule has 1 aliphatic heterocycles. The lowest BCUT2D eigenvalue weighted by Crippen LogP contribution is -2.48. The topological polar surface area (TPSA) is 108 Å². The van der Waals surface area contributed by atoms with Crippen LogP contribution in [0.4, 0.5) is 5.69 Å². The first-order chi connectivity index (χ1) is 11.0. The highest BCUT2D eigenvalue weighted by molar-refractivity contribution is 6.02. The van der Waals surface area contributed by atoms with Gasteiger partial charge in [-0.05, 0) is 37.8 Å². The van der Waals surface area contributed by atoms with Gasteiger partial charge in [-0.2, -0.15) is 0 Å². The molecule has 2 aliphatic rings. The van der Waals surface area contributed by atoms with E-state index in [0.29, 0.717) is 17.2 Å². The van der Waals surface area contributed by atoms with Crippen LogP contribution in [0.1, 0.15) is 36.0 Å². The summed E-state index contributed by atoms with van der Waals surface area (Å²) < 4.78 is 10.8. The fourth-order valence-electron chi connectivity index (χ4n) is 3.30. The number of carbonyl (C=O) groups is 2. The molecule has 0 unspecified atom stereocenters. The Bertz CT molecular complexity index is 638. The van der Waals surface area contributed by atoms with Gasteiger partial charge in [0, 0.05) is 17.6 Å². The molecule has 0 aromatic heterocycles. The monoisotopic (exact) mass is 319 g/mol. The van der Waals surface area contributed by atoms with Gasteiger partial charge < -0.3 is 25.8 Å². The maximum absolute atomic E-state index is 12.4. The number of methoxy groups -OCH3 is 1. The molecule has 0 radical (unpaired) electrons. The van der Waals surface area contributed by atoms with Gasteiger partial charge in [-0.25, -0.2) is 0 Å². The van der Waals surface area contributed by atoms with Crippen LogP contribution in [-0.4, -0.2) is 37.6 Å². The lowest BCUT2D eigenvalue weighted by Gasteiger charge is -2.39. The van der Waals surface area contributed by atoms with E-state index < -0.39 is 5.91 Å². The van der Waals surface area contributed by atoms with Crippen LogP contribution in [0.25, 0.3) is 0 Å². The highest BCUT2D eigenvalue weighted by atomic mass is 16.5. The molecule has 0 atom stereocenters. The summed E-state index contributed by atoms with van der Waals surface area (Å²) in [5.74, 6) is 0.185. The van der Waals surface area contributed by atoms with Crippen molar-refractivity contribution in [3.8, 4) is 11.5 Å². The molecule has 1 aliphatic carbocycles. The number of carbonyl (C=O) groups excluding carboxylic acids is 2. The summed E-state index contributed by atoms with van der Waals surface area (Å²) in [5, 5.41) is 0. The Hall–Kier alpha value is -2.28. The lowest BCUT2D eigenvalue weighted by atomic mass is 9.90. The van der Waals surface area contributed by atoms with Crippen LogP contribution in [0.15, 0.2) is 12.1 Å². The third kappa shape index (κ3) is 2.84. The Morgan fingerprint density at radius 1 is 1.30 bits per heavy atom. The quantitative estimate of drug-likeness (QED) is 0.856. The molecule has 23 heavy (non-hydrogen) atoms. The normalized spacial score (nSPS) is 23.9. The van der Waals surface area contributed by atoms with E-state index in [4.69, 9.17) is 20.9 Å². The zero-order chi connectivity index (χ0) is 16.6. The molecule has 0 bridgehead atoms. The Kier molecular flexibility index (Phi) is 4.12. The van der Waals surface area contributed by atoms with Crippen molar-refractivity contribution in [1.29, 1.82) is 0 Å². The Morgan fingerprint density at radius 2 is 2.00 bits per heavy atom. The van der Waals surface area contributed by atoms with E-state index >= 15 is 0 Å². The molecule has 1 fully saturated rings. The largest absolute Gasteiger partial charge is 0.493 e. The molecule has 2 amide bonds. The SMILES string of the molecule is COc1cc(C(N)=O)cc2c1OCC(=O)N2C1CCC(N)CC1. The van der Waals surface area contributed by atoms with Gasteiger partial charge in [-0.1, -0.05) is 0 Å². The molecule has 7 nitrogen and oxygen atoms in total. The van der Waals surface area contributed by atoms with Gasteiger partial charge in [0.1, 0.15) is 0 Å². The van der Waals surface area contributed by atoms with Gasteiger partial charge in [-0.3, -0.25) is 9.59 Å². The van der Waals surface area contributed by atoms with Crippen LogP contribution in [0, 0.1) is 0 Å². The van der Waals surface area contributed by atoms with Crippen LogP contribution in [-0.2, 0) is 4.79 Å². The minimum absolute atomic E-state index is 0.0398. The maximum atomic E-state index is 12.4. The minimum Gasteiger partial charge on any atom is -0.493 e. The first-order valence-electron chi connectivity index (χ1n) is 7.73. The first kappa shape index (κ1) is 15.6. The molecular weight excluding hydrogens is 298 g/mol. The Balaban J connectivity index is 2.04.